The zero-order valence-corrected chi connectivity index (χ0v) is 12.7. The molecule has 0 N–H and O–H groups in total. The summed E-state index contributed by atoms with van der Waals surface area (Å²) in [5.74, 6) is -0.243. The average Bonchev–Trinajstić information content (AvgIpc) is 2.31. The van der Waals surface area contributed by atoms with E-state index in [9.17, 15) is 9.18 Å². The van der Waals surface area contributed by atoms with Gasteiger partial charge in [0, 0.05) is 23.5 Å². The number of halogens is 2. The molecule has 104 valence electrons. The lowest BCUT2D eigenvalue weighted by Gasteiger charge is -2.38. The van der Waals surface area contributed by atoms with Gasteiger partial charge in [-0.1, -0.05) is 15.9 Å². The summed E-state index contributed by atoms with van der Waals surface area (Å²) in [7, 11) is 0. The second-order valence-electron chi connectivity index (χ2n) is 5.09. The van der Waals surface area contributed by atoms with Crippen molar-refractivity contribution in [3.8, 4) is 0 Å². The summed E-state index contributed by atoms with van der Waals surface area (Å²) in [6.07, 6.45) is 4.33. The van der Waals surface area contributed by atoms with Crippen molar-refractivity contribution in [3.05, 3.63) is 35.1 Å². The number of rotatable bonds is 5. The highest BCUT2D eigenvalue weighted by molar-refractivity contribution is 9.09. The van der Waals surface area contributed by atoms with Gasteiger partial charge < -0.3 is 4.90 Å². The number of hydrogen-bond acceptors (Lipinski definition) is 1. The van der Waals surface area contributed by atoms with Crippen LogP contribution in [0.25, 0.3) is 0 Å². The number of amides is 1. The van der Waals surface area contributed by atoms with Crippen molar-refractivity contribution in [2.75, 3.05) is 11.9 Å². The molecule has 0 spiro atoms. The van der Waals surface area contributed by atoms with E-state index in [-0.39, 0.29) is 11.7 Å². The summed E-state index contributed by atoms with van der Waals surface area (Å²) in [6.45, 7) is 2.56. The van der Waals surface area contributed by atoms with Gasteiger partial charge in [0.25, 0.3) is 5.91 Å². The summed E-state index contributed by atoms with van der Waals surface area (Å²) in [5.41, 5.74) is 1.34. The highest BCUT2D eigenvalue weighted by atomic mass is 79.9. The second-order valence-corrected chi connectivity index (χ2v) is 5.88. The largest absolute Gasteiger partial charge is 0.336 e. The first-order chi connectivity index (χ1) is 9.13. The van der Waals surface area contributed by atoms with Gasteiger partial charge in [-0.05, 0) is 56.4 Å². The summed E-state index contributed by atoms with van der Waals surface area (Å²) >= 11 is 3.41. The molecule has 19 heavy (non-hydrogen) atoms. The van der Waals surface area contributed by atoms with E-state index < -0.39 is 0 Å². The Kier molecular flexibility index (Phi) is 4.97. The summed E-state index contributed by atoms with van der Waals surface area (Å²) in [5, 5.41) is 0.895. The number of aryl methyl sites for hydroxylation is 1. The van der Waals surface area contributed by atoms with Gasteiger partial charge in [-0.15, -0.1) is 0 Å². The highest BCUT2D eigenvalue weighted by Gasteiger charge is 2.29. The molecule has 0 heterocycles. The molecule has 2 rings (SSSR count). The molecule has 1 amide bonds. The van der Waals surface area contributed by atoms with Crippen LogP contribution in [-0.2, 0) is 0 Å². The molecule has 0 bridgehead atoms. The first kappa shape index (κ1) is 14.5. The van der Waals surface area contributed by atoms with Crippen LogP contribution in [0, 0.1) is 12.7 Å². The number of carbonyl (C=O) groups is 1. The van der Waals surface area contributed by atoms with Crippen LogP contribution in [0.1, 0.15) is 41.6 Å². The molecule has 2 nitrogen and oxygen atoms in total. The standard InChI is InChI=1S/C15H19BrFNO/c1-11-10-12(17)6-7-14(11)15(19)18(9-3-8-16)13-4-2-5-13/h6-7,10,13H,2-5,8-9H2,1H3. The van der Waals surface area contributed by atoms with Gasteiger partial charge in [0.2, 0.25) is 0 Å². The van der Waals surface area contributed by atoms with E-state index in [1.54, 1.807) is 13.0 Å². The number of benzene rings is 1. The molecule has 0 unspecified atom stereocenters. The molecule has 0 radical (unpaired) electrons. The zero-order valence-electron chi connectivity index (χ0n) is 11.2. The topological polar surface area (TPSA) is 20.3 Å². The Labute approximate surface area is 122 Å². The van der Waals surface area contributed by atoms with Crippen molar-refractivity contribution >= 4 is 21.8 Å². The van der Waals surface area contributed by atoms with E-state index in [1.165, 1.54) is 18.6 Å². The quantitative estimate of drug-likeness (QED) is 0.751. The van der Waals surface area contributed by atoms with E-state index in [1.807, 2.05) is 4.90 Å². The Hall–Kier alpha value is -0.900. The predicted molar refractivity (Wildman–Crippen MR) is 78.2 cm³/mol. The van der Waals surface area contributed by atoms with Crippen molar-refractivity contribution in [2.24, 2.45) is 0 Å². The van der Waals surface area contributed by atoms with Crippen LogP contribution in [0.5, 0.6) is 0 Å². The fourth-order valence-electron chi connectivity index (χ4n) is 2.40. The molecular formula is C15H19BrFNO. The van der Waals surface area contributed by atoms with Crippen LogP contribution in [0.15, 0.2) is 18.2 Å². The number of nitrogens with zero attached hydrogens (tertiary/aromatic N) is 1. The molecule has 1 saturated carbocycles. The van der Waals surface area contributed by atoms with Crippen LogP contribution in [0.2, 0.25) is 0 Å². The molecule has 1 aliphatic rings. The Balaban J connectivity index is 2.17. The van der Waals surface area contributed by atoms with Gasteiger partial charge in [-0.25, -0.2) is 4.39 Å². The summed E-state index contributed by atoms with van der Waals surface area (Å²) in [6, 6.07) is 4.77. The fraction of sp³-hybridized carbons (Fsp3) is 0.533. The van der Waals surface area contributed by atoms with Gasteiger partial charge in [-0.2, -0.15) is 0 Å². The van der Waals surface area contributed by atoms with Crippen LogP contribution >= 0.6 is 15.9 Å². The van der Waals surface area contributed by atoms with Gasteiger partial charge in [0.05, 0.1) is 0 Å². The lowest BCUT2D eigenvalue weighted by Crippen LogP contribution is -2.45. The van der Waals surface area contributed by atoms with E-state index in [0.717, 1.165) is 31.1 Å². The van der Waals surface area contributed by atoms with E-state index in [4.69, 9.17) is 0 Å². The minimum Gasteiger partial charge on any atom is -0.336 e. The Bertz CT molecular complexity index is 459. The molecular weight excluding hydrogens is 309 g/mol. The lowest BCUT2D eigenvalue weighted by atomic mass is 9.90. The molecule has 0 aromatic heterocycles. The van der Waals surface area contributed by atoms with E-state index >= 15 is 0 Å². The van der Waals surface area contributed by atoms with Crippen LogP contribution in [0.3, 0.4) is 0 Å². The third-order valence-electron chi connectivity index (χ3n) is 3.73. The van der Waals surface area contributed by atoms with Crippen LogP contribution in [0.4, 0.5) is 4.39 Å². The molecule has 0 saturated heterocycles. The minimum atomic E-state index is -0.287. The maximum atomic E-state index is 13.1. The second kappa shape index (κ2) is 6.51. The monoisotopic (exact) mass is 327 g/mol. The van der Waals surface area contributed by atoms with Crippen molar-refractivity contribution in [3.63, 3.8) is 0 Å². The lowest BCUT2D eigenvalue weighted by molar-refractivity contribution is 0.0580. The average molecular weight is 328 g/mol. The smallest absolute Gasteiger partial charge is 0.254 e. The third kappa shape index (κ3) is 3.35. The fourth-order valence-corrected chi connectivity index (χ4v) is 2.65. The van der Waals surface area contributed by atoms with Crippen molar-refractivity contribution in [2.45, 2.75) is 38.6 Å². The minimum absolute atomic E-state index is 0.0446. The molecule has 1 aromatic rings. The van der Waals surface area contributed by atoms with Gasteiger partial charge in [0.15, 0.2) is 0 Å². The number of hydrogen-bond donors (Lipinski definition) is 0. The summed E-state index contributed by atoms with van der Waals surface area (Å²) < 4.78 is 13.1. The molecule has 4 heteroatoms. The number of carbonyl (C=O) groups excluding carboxylic acids is 1. The molecule has 1 aliphatic carbocycles. The molecule has 0 aliphatic heterocycles. The third-order valence-corrected chi connectivity index (χ3v) is 4.29. The van der Waals surface area contributed by atoms with Crippen LogP contribution < -0.4 is 0 Å². The van der Waals surface area contributed by atoms with E-state index in [2.05, 4.69) is 15.9 Å². The first-order valence-electron chi connectivity index (χ1n) is 6.76. The van der Waals surface area contributed by atoms with Gasteiger partial charge >= 0.3 is 0 Å². The van der Waals surface area contributed by atoms with Crippen molar-refractivity contribution in [1.82, 2.24) is 4.90 Å². The Morgan fingerprint density at radius 3 is 2.74 bits per heavy atom. The zero-order chi connectivity index (χ0) is 13.8. The van der Waals surface area contributed by atoms with E-state index in [0.29, 0.717) is 17.2 Å². The molecule has 1 fully saturated rings. The normalized spacial score (nSPS) is 15.1. The van der Waals surface area contributed by atoms with Crippen molar-refractivity contribution in [1.29, 1.82) is 0 Å². The Morgan fingerprint density at radius 2 is 2.21 bits per heavy atom. The SMILES string of the molecule is Cc1cc(F)ccc1C(=O)N(CCCBr)C1CCC1. The van der Waals surface area contributed by atoms with Crippen molar-refractivity contribution < 1.29 is 9.18 Å². The van der Waals surface area contributed by atoms with Gasteiger partial charge in [0.1, 0.15) is 5.82 Å². The van der Waals surface area contributed by atoms with Gasteiger partial charge in [-0.3, -0.25) is 4.79 Å². The predicted octanol–water partition coefficient (Wildman–Crippen LogP) is 3.91. The highest BCUT2D eigenvalue weighted by Crippen LogP contribution is 2.27. The first-order valence-corrected chi connectivity index (χ1v) is 7.88. The Morgan fingerprint density at radius 1 is 1.47 bits per heavy atom. The molecule has 0 atom stereocenters. The summed E-state index contributed by atoms with van der Waals surface area (Å²) in [4.78, 5) is 14.6. The number of alkyl halides is 1. The maximum absolute atomic E-state index is 13.1. The molecule has 1 aromatic carbocycles. The van der Waals surface area contributed by atoms with Crippen LogP contribution in [-0.4, -0.2) is 28.7 Å². The maximum Gasteiger partial charge on any atom is 0.254 e.